The van der Waals surface area contributed by atoms with E-state index >= 15 is 0 Å². The summed E-state index contributed by atoms with van der Waals surface area (Å²) in [6, 6.07) is 2.64. The van der Waals surface area contributed by atoms with Gasteiger partial charge in [0.2, 0.25) is 0 Å². The minimum absolute atomic E-state index is 0.0849. The lowest BCUT2D eigenvalue weighted by Gasteiger charge is -2.29. The number of pyridine rings is 1. The molecule has 1 aromatic rings. The van der Waals surface area contributed by atoms with Gasteiger partial charge in [0.15, 0.2) is 11.4 Å². The zero-order valence-electron chi connectivity index (χ0n) is 13.0. The predicted molar refractivity (Wildman–Crippen MR) is 88.6 cm³/mol. The SMILES string of the molecule is CC(P)OC(=O)[C@H]1CCC[C@H](Oc2ccc(Br)nc2C(F)(F)F)C1. The van der Waals surface area contributed by atoms with Gasteiger partial charge < -0.3 is 9.47 Å². The monoisotopic (exact) mass is 427 g/mol. The Kier molecular flexibility index (Phi) is 6.48. The van der Waals surface area contributed by atoms with Crippen molar-refractivity contribution in [2.75, 3.05) is 0 Å². The zero-order chi connectivity index (χ0) is 17.9. The van der Waals surface area contributed by atoms with Crippen LogP contribution in [0.1, 0.15) is 38.3 Å². The highest BCUT2D eigenvalue weighted by Gasteiger charge is 2.38. The summed E-state index contributed by atoms with van der Waals surface area (Å²) in [6.45, 7) is 1.72. The molecule has 0 amide bonds. The van der Waals surface area contributed by atoms with Crippen LogP contribution in [-0.4, -0.2) is 22.9 Å². The number of aromatic nitrogens is 1. The Morgan fingerprint density at radius 3 is 2.75 bits per heavy atom. The third-order valence-corrected chi connectivity index (χ3v) is 4.23. The van der Waals surface area contributed by atoms with Gasteiger partial charge in [-0.05, 0) is 60.7 Å². The first-order chi connectivity index (χ1) is 11.2. The first-order valence-electron chi connectivity index (χ1n) is 7.53. The van der Waals surface area contributed by atoms with E-state index in [-0.39, 0.29) is 28.1 Å². The highest BCUT2D eigenvalue weighted by Crippen LogP contribution is 2.37. The van der Waals surface area contributed by atoms with E-state index in [2.05, 4.69) is 30.2 Å². The summed E-state index contributed by atoms with van der Waals surface area (Å²) in [6.07, 6.45) is -2.81. The molecule has 1 aliphatic carbocycles. The topological polar surface area (TPSA) is 48.4 Å². The second-order valence-corrected chi connectivity index (χ2v) is 7.48. The number of alkyl halides is 3. The van der Waals surface area contributed by atoms with Crippen molar-refractivity contribution in [3.63, 3.8) is 0 Å². The van der Waals surface area contributed by atoms with Crippen molar-refractivity contribution in [2.24, 2.45) is 5.92 Å². The van der Waals surface area contributed by atoms with Crippen molar-refractivity contribution in [2.45, 2.75) is 50.7 Å². The smallest absolute Gasteiger partial charge is 0.437 e. The molecule has 24 heavy (non-hydrogen) atoms. The maximum absolute atomic E-state index is 13.1. The van der Waals surface area contributed by atoms with Gasteiger partial charge in [-0.2, -0.15) is 13.2 Å². The van der Waals surface area contributed by atoms with Crippen molar-refractivity contribution in [1.82, 2.24) is 4.98 Å². The van der Waals surface area contributed by atoms with Crippen LogP contribution in [0, 0.1) is 5.92 Å². The molecule has 9 heteroatoms. The summed E-state index contributed by atoms with van der Waals surface area (Å²) in [4.78, 5) is 15.5. The Labute approximate surface area is 148 Å². The van der Waals surface area contributed by atoms with Crippen LogP contribution < -0.4 is 4.74 Å². The van der Waals surface area contributed by atoms with E-state index in [9.17, 15) is 18.0 Å². The van der Waals surface area contributed by atoms with Gasteiger partial charge in [0.1, 0.15) is 10.4 Å². The summed E-state index contributed by atoms with van der Waals surface area (Å²) in [5.74, 6) is -1.31. The molecule has 0 radical (unpaired) electrons. The third-order valence-electron chi connectivity index (χ3n) is 3.65. The molecule has 1 saturated carbocycles. The molecule has 0 N–H and O–H groups in total. The van der Waals surface area contributed by atoms with Gasteiger partial charge >= 0.3 is 12.1 Å². The van der Waals surface area contributed by atoms with E-state index in [1.807, 2.05) is 0 Å². The molecule has 1 fully saturated rings. The molecule has 0 aliphatic heterocycles. The third kappa shape index (κ3) is 5.31. The average molecular weight is 428 g/mol. The molecule has 1 heterocycles. The number of carbonyl (C=O) groups is 1. The van der Waals surface area contributed by atoms with Crippen LogP contribution in [0.25, 0.3) is 0 Å². The van der Waals surface area contributed by atoms with Gasteiger partial charge in [-0.15, -0.1) is 0 Å². The lowest BCUT2D eigenvalue weighted by molar-refractivity contribution is -0.152. The molecule has 4 nitrogen and oxygen atoms in total. The van der Waals surface area contributed by atoms with Gasteiger partial charge in [0, 0.05) is 0 Å². The van der Waals surface area contributed by atoms with Gasteiger partial charge in [-0.1, -0.05) is 9.24 Å². The molecular weight excluding hydrogens is 410 g/mol. The van der Waals surface area contributed by atoms with E-state index in [4.69, 9.17) is 9.47 Å². The Hall–Kier alpha value is -0.880. The lowest BCUT2D eigenvalue weighted by Crippen LogP contribution is -2.32. The van der Waals surface area contributed by atoms with E-state index in [0.29, 0.717) is 25.7 Å². The standard InChI is InChI=1S/C15H18BrF3NO3P/c1-8(24)22-14(21)9-3-2-4-10(7-9)23-11-5-6-12(16)20-13(11)15(17,18)19/h5-6,8-10H,2-4,7,24H2,1H3/t8?,9-,10-/m0/s1. The summed E-state index contributed by atoms with van der Waals surface area (Å²) in [5, 5.41) is 0. The normalized spacial score (nSPS) is 22.8. The average Bonchev–Trinajstić information content (AvgIpc) is 2.47. The Bertz CT molecular complexity index is 598. The van der Waals surface area contributed by atoms with Gasteiger partial charge in [0.25, 0.3) is 0 Å². The number of ether oxygens (including phenoxy) is 2. The second kappa shape index (κ2) is 8.00. The van der Waals surface area contributed by atoms with E-state index in [1.54, 1.807) is 6.92 Å². The number of hydrogen-bond acceptors (Lipinski definition) is 4. The summed E-state index contributed by atoms with van der Waals surface area (Å²) in [5.41, 5.74) is -1.07. The first-order valence-corrected chi connectivity index (χ1v) is 8.99. The Balaban J connectivity index is 2.10. The lowest BCUT2D eigenvalue weighted by atomic mass is 9.87. The zero-order valence-corrected chi connectivity index (χ0v) is 15.7. The largest absolute Gasteiger partial charge is 0.488 e. The van der Waals surface area contributed by atoms with Crippen molar-refractivity contribution >= 4 is 31.1 Å². The Morgan fingerprint density at radius 2 is 2.12 bits per heavy atom. The van der Waals surface area contributed by atoms with Gasteiger partial charge in [0.05, 0.1) is 12.0 Å². The van der Waals surface area contributed by atoms with Crippen molar-refractivity contribution < 1.29 is 27.4 Å². The number of nitrogens with zero attached hydrogens (tertiary/aromatic N) is 1. The van der Waals surface area contributed by atoms with Crippen LogP contribution in [0.15, 0.2) is 16.7 Å². The summed E-state index contributed by atoms with van der Waals surface area (Å²) >= 11 is 2.94. The first kappa shape index (κ1) is 19.4. The van der Waals surface area contributed by atoms with Crippen LogP contribution >= 0.6 is 25.2 Å². The molecule has 4 atom stereocenters. The molecule has 0 spiro atoms. The van der Waals surface area contributed by atoms with Gasteiger partial charge in [-0.25, -0.2) is 4.98 Å². The quantitative estimate of drug-likeness (QED) is 0.401. The minimum atomic E-state index is -4.61. The van der Waals surface area contributed by atoms with E-state index in [0.717, 1.165) is 0 Å². The number of carbonyl (C=O) groups excluding carboxylic acids is 1. The minimum Gasteiger partial charge on any atom is -0.488 e. The highest BCUT2D eigenvalue weighted by molar-refractivity contribution is 9.10. The number of rotatable bonds is 4. The summed E-state index contributed by atoms with van der Waals surface area (Å²) in [7, 11) is 2.37. The Morgan fingerprint density at radius 1 is 1.42 bits per heavy atom. The molecule has 134 valence electrons. The van der Waals surface area contributed by atoms with E-state index in [1.165, 1.54) is 12.1 Å². The van der Waals surface area contributed by atoms with E-state index < -0.39 is 18.0 Å². The number of halogens is 4. The molecule has 2 unspecified atom stereocenters. The molecule has 1 aliphatic rings. The molecule has 0 bridgehead atoms. The van der Waals surface area contributed by atoms with Gasteiger partial charge in [-0.3, -0.25) is 4.79 Å². The van der Waals surface area contributed by atoms with Crippen LogP contribution in [0.4, 0.5) is 13.2 Å². The van der Waals surface area contributed by atoms with Crippen LogP contribution in [0.5, 0.6) is 5.75 Å². The van der Waals surface area contributed by atoms with Crippen molar-refractivity contribution in [3.8, 4) is 5.75 Å². The van der Waals surface area contributed by atoms with Crippen LogP contribution in [0.3, 0.4) is 0 Å². The van der Waals surface area contributed by atoms with Crippen LogP contribution in [0.2, 0.25) is 0 Å². The molecule has 0 aromatic carbocycles. The molecule has 2 rings (SSSR count). The molecular formula is C15H18BrF3NO3P. The molecule has 0 saturated heterocycles. The maximum Gasteiger partial charge on any atom is 0.437 e. The number of esters is 1. The number of hydrogen-bond donors (Lipinski definition) is 0. The fourth-order valence-corrected chi connectivity index (χ4v) is 3.09. The predicted octanol–water partition coefficient (Wildman–Crippen LogP) is 4.56. The summed E-state index contributed by atoms with van der Waals surface area (Å²) < 4.78 is 50.0. The highest BCUT2D eigenvalue weighted by atomic mass is 79.9. The fraction of sp³-hybridized carbons (Fsp3) is 0.600. The molecule has 1 aromatic heterocycles. The fourth-order valence-electron chi connectivity index (χ4n) is 2.65. The van der Waals surface area contributed by atoms with Crippen LogP contribution in [-0.2, 0) is 15.7 Å². The maximum atomic E-state index is 13.1. The van der Waals surface area contributed by atoms with Crippen molar-refractivity contribution in [1.29, 1.82) is 0 Å². The van der Waals surface area contributed by atoms with Crippen molar-refractivity contribution in [3.05, 3.63) is 22.4 Å². The second-order valence-electron chi connectivity index (χ2n) is 5.72.